The lowest BCUT2D eigenvalue weighted by Gasteiger charge is -2.37. The fraction of sp³-hybridized carbons (Fsp3) is 0.867. The van der Waals surface area contributed by atoms with Gasteiger partial charge in [0, 0.05) is 32.6 Å². The van der Waals surface area contributed by atoms with Gasteiger partial charge in [-0.1, -0.05) is 0 Å². The molecule has 23 heavy (non-hydrogen) atoms. The molecule has 2 atom stereocenters. The van der Waals surface area contributed by atoms with E-state index in [1.54, 1.807) is 0 Å². The summed E-state index contributed by atoms with van der Waals surface area (Å²) in [5.74, 6) is -0.807. The average molecular weight is 346 g/mol. The third kappa shape index (κ3) is 5.17. The summed E-state index contributed by atoms with van der Waals surface area (Å²) in [7, 11) is -3.25. The van der Waals surface area contributed by atoms with Crippen molar-refractivity contribution in [2.75, 3.05) is 32.4 Å². The van der Waals surface area contributed by atoms with Crippen LogP contribution in [-0.4, -0.2) is 67.0 Å². The Labute approximate surface area is 137 Å². The van der Waals surface area contributed by atoms with Crippen LogP contribution in [-0.2, 0) is 19.6 Å². The molecule has 2 fully saturated rings. The lowest BCUT2D eigenvalue weighted by atomic mass is 9.91. The van der Waals surface area contributed by atoms with Gasteiger partial charge in [0.05, 0.1) is 12.2 Å². The monoisotopic (exact) mass is 346 g/mol. The summed E-state index contributed by atoms with van der Waals surface area (Å²) in [4.78, 5) is 25.2. The zero-order valence-corrected chi connectivity index (χ0v) is 14.4. The van der Waals surface area contributed by atoms with E-state index in [-0.39, 0.29) is 30.7 Å². The van der Waals surface area contributed by atoms with Gasteiger partial charge in [-0.15, -0.1) is 0 Å². The number of hydrogen-bond acceptors (Lipinski definition) is 4. The molecule has 1 amide bonds. The molecular weight excluding hydrogens is 320 g/mol. The summed E-state index contributed by atoms with van der Waals surface area (Å²) in [5, 5.41) is 8.79. The highest BCUT2D eigenvalue weighted by Gasteiger charge is 2.34. The van der Waals surface area contributed by atoms with Crippen LogP contribution < -0.4 is 0 Å². The molecule has 8 heteroatoms. The molecule has 0 aromatic carbocycles. The molecule has 2 rings (SSSR count). The van der Waals surface area contributed by atoms with E-state index in [0.717, 1.165) is 19.3 Å². The van der Waals surface area contributed by atoms with Gasteiger partial charge in [-0.25, -0.2) is 12.7 Å². The molecule has 2 aliphatic heterocycles. The molecule has 0 saturated carbocycles. The molecular formula is C15H26N2O5S. The summed E-state index contributed by atoms with van der Waals surface area (Å²) >= 11 is 0. The van der Waals surface area contributed by atoms with Crippen LogP contribution in [0, 0.1) is 11.8 Å². The van der Waals surface area contributed by atoms with Crippen molar-refractivity contribution in [2.45, 2.75) is 38.5 Å². The topological polar surface area (TPSA) is 95.0 Å². The molecule has 0 aliphatic carbocycles. The summed E-state index contributed by atoms with van der Waals surface area (Å²) in [6.07, 6.45) is 5.19. The standard InChI is InChI=1S/C15H26N2O5S/c1-23(21,22)17-9-3-5-13(11-17)15(20)16-8-2-4-12(10-16)6-7-14(18)19/h12-13H,2-11H2,1H3,(H,18,19)/t12-,13-/m0/s1. The Hall–Kier alpha value is -1.15. The first-order valence-electron chi connectivity index (χ1n) is 8.23. The molecule has 1 N–H and O–H groups in total. The molecule has 2 aliphatic rings. The van der Waals surface area contributed by atoms with Gasteiger partial charge in [0.15, 0.2) is 0 Å². The van der Waals surface area contributed by atoms with Crippen LogP contribution in [0.4, 0.5) is 0 Å². The predicted molar refractivity (Wildman–Crippen MR) is 85.3 cm³/mol. The van der Waals surface area contributed by atoms with Crippen molar-refractivity contribution in [3.8, 4) is 0 Å². The van der Waals surface area contributed by atoms with Crippen LogP contribution >= 0.6 is 0 Å². The summed E-state index contributed by atoms with van der Waals surface area (Å²) in [6.45, 7) is 2.05. The Balaban J connectivity index is 1.92. The van der Waals surface area contributed by atoms with Gasteiger partial charge in [-0.2, -0.15) is 0 Å². The molecule has 7 nitrogen and oxygen atoms in total. The molecule has 0 aromatic rings. The number of carbonyl (C=O) groups excluding carboxylic acids is 1. The van der Waals surface area contributed by atoms with Crippen molar-refractivity contribution < 1.29 is 23.1 Å². The number of sulfonamides is 1. The van der Waals surface area contributed by atoms with Crippen molar-refractivity contribution in [2.24, 2.45) is 11.8 Å². The van der Waals surface area contributed by atoms with Gasteiger partial charge in [-0.05, 0) is 38.0 Å². The fourth-order valence-electron chi connectivity index (χ4n) is 3.53. The third-order valence-electron chi connectivity index (χ3n) is 4.80. The Morgan fingerprint density at radius 1 is 1.13 bits per heavy atom. The normalized spacial score (nSPS) is 26.9. The number of carbonyl (C=O) groups is 2. The van der Waals surface area contributed by atoms with Crippen molar-refractivity contribution in [1.29, 1.82) is 0 Å². The van der Waals surface area contributed by atoms with E-state index >= 15 is 0 Å². The van der Waals surface area contributed by atoms with Crippen LogP contribution in [0.25, 0.3) is 0 Å². The van der Waals surface area contributed by atoms with E-state index in [9.17, 15) is 18.0 Å². The smallest absolute Gasteiger partial charge is 0.303 e. The van der Waals surface area contributed by atoms with Crippen LogP contribution in [0.1, 0.15) is 38.5 Å². The maximum atomic E-state index is 12.7. The van der Waals surface area contributed by atoms with E-state index in [2.05, 4.69) is 0 Å². The Kier molecular flexibility index (Phi) is 6.02. The fourth-order valence-corrected chi connectivity index (χ4v) is 4.44. The highest BCUT2D eigenvalue weighted by atomic mass is 32.2. The minimum absolute atomic E-state index is 0.0263. The van der Waals surface area contributed by atoms with Crippen LogP contribution in [0.15, 0.2) is 0 Å². The molecule has 0 radical (unpaired) electrons. The van der Waals surface area contributed by atoms with E-state index in [1.165, 1.54) is 10.6 Å². The maximum absolute atomic E-state index is 12.7. The second-order valence-corrected chi connectivity index (χ2v) is 8.67. The first-order valence-corrected chi connectivity index (χ1v) is 10.1. The number of aliphatic carboxylic acids is 1. The van der Waals surface area contributed by atoms with Gasteiger partial charge < -0.3 is 10.0 Å². The van der Waals surface area contributed by atoms with Crippen molar-refractivity contribution in [3.63, 3.8) is 0 Å². The minimum atomic E-state index is -3.25. The van der Waals surface area contributed by atoms with Gasteiger partial charge >= 0.3 is 5.97 Å². The van der Waals surface area contributed by atoms with Crippen LogP contribution in [0.2, 0.25) is 0 Å². The summed E-state index contributed by atoms with van der Waals surface area (Å²) in [6, 6.07) is 0. The SMILES string of the molecule is CS(=O)(=O)N1CCC[C@H](C(=O)N2CCC[C@@H](CCC(=O)O)C2)C1. The highest BCUT2D eigenvalue weighted by molar-refractivity contribution is 7.88. The zero-order chi connectivity index (χ0) is 17.0. The number of amides is 1. The molecule has 132 valence electrons. The Morgan fingerprint density at radius 3 is 2.48 bits per heavy atom. The second kappa shape index (κ2) is 7.61. The largest absolute Gasteiger partial charge is 0.481 e. The maximum Gasteiger partial charge on any atom is 0.303 e. The van der Waals surface area contributed by atoms with Crippen LogP contribution in [0.5, 0.6) is 0 Å². The summed E-state index contributed by atoms with van der Waals surface area (Å²) in [5.41, 5.74) is 0. The lowest BCUT2D eigenvalue weighted by Crippen LogP contribution is -2.49. The van der Waals surface area contributed by atoms with Gasteiger partial charge in [0.1, 0.15) is 0 Å². The number of rotatable bonds is 5. The number of hydrogen-bond donors (Lipinski definition) is 1. The van der Waals surface area contributed by atoms with E-state index < -0.39 is 16.0 Å². The quantitative estimate of drug-likeness (QED) is 0.793. The first kappa shape index (κ1) is 18.2. The Bertz CT molecular complexity index is 548. The van der Waals surface area contributed by atoms with Gasteiger partial charge in [0.25, 0.3) is 0 Å². The molecule has 0 unspecified atom stereocenters. The third-order valence-corrected chi connectivity index (χ3v) is 6.07. The molecule has 2 saturated heterocycles. The Morgan fingerprint density at radius 2 is 1.83 bits per heavy atom. The number of piperidine rings is 2. The first-order chi connectivity index (χ1) is 10.8. The number of likely N-dealkylation sites (tertiary alicyclic amines) is 1. The van der Waals surface area contributed by atoms with Crippen molar-refractivity contribution in [3.05, 3.63) is 0 Å². The second-order valence-electron chi connectivity index (χ2n) is 6.69. The van der Waals surface area contributed by atoms with Gasteiger partial charge in [0.2, 0.25) is 15.9 Å². The van der Waals surface area contributed by atoms with Crippen molar-refractivity contribution >= 4 is 21.9 Å². The molecule has 0 bridgehead atoms. The summed E-state index contributed by atoms with van der Waals surface area (Å²) < 4.78 is 24.7. The number of nitrogens with zero attached hydrogens (tertiary/aromatic N) is 2. The van der Waals surface area contributed by atoms with E-state index in [1.807, 2.05) is 4.90 Å². The van der Waals surface area contributed by atoms with Crippen LogP contribution in [0.3, 0.4) is 0 Å². The molecule has 2 heterocycles. The number of carboxylic acids is 1. The van der Waals surface area contributed by atoms with E-state index in [0.29, 0.717) is 32.5 Å². The number of carboxylic acid groups (broad SMARTS) is 1. The van der Waals surface area contributed by atoms with Gasteiger partial charge in [-0.3, -0.25) is 9.59 Å². The highest BCUT2D eigenvalue weighted by Crippen LogP contribution is 2.26. The molecule has 0 spiro atoms. The average Bonchev–Trinajstić information content (AvgIpc) is 2.52. The molecule has 0 aromatic heterocycles. The zero-order valence-electron chi connectivity index (χ0n) is 13.6. The van der Waals surface area contributed by atoms with E-state index in [4.69, 9.17) is 5.11 Å². The van der Waals surface area contributed by atoms with Crippen molar-refractivity contribution in [1.82, 2.24) is 9.21 Å². The minimum Gasteiger partial charge on any atom is -0.481 e. The predicted octanol–water partition coefficient (Wildman–Crippen LogP) is 0.761. The lowest BCUT2D eigenvalue weighted by molar-refractivity contribution is -0.138.